The molecule has 2 aromatic heterocycles. The third kappa shape index (κ3) is 4.38. The highest BCUT2D eigenvalue weighted by molar-refractivity contribution is 7.89. The number of carbonyl (C=O) groups is 1. The van der Waals surface area contributed by atoms with E-state index in [1.807, 2.05) is 42.0 Å². The molecule has 9 heteroatoms. The van der Waals surface area contributed by atoms with Crippen LogP contribution >= 0.6 is 0 Å². The molecule has 0 spiro atoms. The second-order valence-corrected chi connectivity index (χ2v) is 10.3. The number of rotatable bonds is 8. The molecule has 2 heterocycles. The third-order valence-electron chi connectivity index (χ3n) is 5.86. The Hall–Kier alpha value is -3.17. The van der Waals surface area contributed by atoms with E-state index >= 15 is 0 Å². The molecule has 0 atom stereocenters. The van der Waals surface area contributed by atoms with Crippen LogP contribution in [0.15, 0.2) is 53.6 Å². The van der Waals surface area contributed by atoms with Crippen LogP contribution in [0.3, 0.4) is 0 Å². The van der Waals surface area contributed by atoms with E-state index < -0.39 is 10.0 Å². The summed E-state index contributed by atoms with van der Waals surface area (Å²) in [4.78, 5) is 17.5. The van der Waals surface area contributed by atoms with E-state index in [4.69, 9.17) is 0 Å². The predicted molar refractivity (Wildman–Crippen MR) is 131 cm³/mol. The third-order valence-corrected chi connectivity index (χ3v) is 7.68. The number of carbonyl (C=O) groups excluding carboxylic acids is 1. The zero-order chi connectivity index (χ0) is 23.8. The van der Waals surface area contributed by atoms with Crippen molar-refractivity contribution in [3.63, 3.8) is 0 Å². The highest BCUT2D eigenvalue weighted by Crippen LogP contribution is 2.24. The van der Waals surface area contributed by atoms with Crippen molar-refractivity contribution in [2.24, 2.45) is 0 Å². The van der Waals surface area contributed by atoms with Gasteiger partial charge >= 0.3 is 0 Å². The second kappa shape index (κ2) is 8.99. The van der Waals surface area contributed by atoms with E-state index in [0.717, 1.165) is 34.5 Å². The summed E-state index contributed by atoms with van der Waals surface area (Å²) in [7, 11) is -0.526. The number of sulfonamides is 1. The van der Waals surface area contributed by atoms with Crippen LogP contribution in [0.1, 0.15) is 26.1 Å². The van der Waals surface area contributed by atoms with Crippen molar-refractivity contribution in [2.45, 2.75) is 44.7 Å². The molecule has 0 radical (unpaired) electrons. The SMILES string of the molecule is CCn1ccc2cc(NC(=O)CCc3nc4cc(S(=O)(=O)N(C)C)ccc4n3CC)ccc21. The van der Waals surface area contributed by atoms with Crippen molar-refractivity contribution in [2.75, 3.05) is 19.4 Å². The van der Waals surface area contributed by atoms with Gasteiger partial charge in [0, 0.05) is 62.8 Å². The molecule has 0 unspecified atom stereocenters. The summed E-state index contributed by atoms with van der Waals surface area (Å²) in [5.74, 6) is 0.674. The first-order valence-electron chi connectivity index (χ1n) is 11.0. The van der Waals surface area contributed by atoms with Crippen molar-refractivity contribution in [1.82, 2.24) is 18.4 Å². The van der Waals surface area contributed by atoms with Gasteiger partial charge in [-0.1, -0.05) is 0 Å². The van der Waals surface area contributed by atoms with E-state index in [0.29, 0.717) is 18.5 Å². The van der Waals surface area contributed by atoms with Crippen LogP contribution < -0.4 is 5.32 Å². The van der Waals surface area contributed by atoms with E-state index in [-0.39, 0.29) is 17.2 Å². The van der Waals surface area contributed by atoms with E-state index in [1.165, 1.54) is 18.4 Å². The molecular formula is C24H29N5O3S. The first-order valence-corrected chi connectivity index (χ1v) is 12.5. The summed E-state index contributed by atoms with van der Waals surface area (Å²) in [6.45, 7) is 5.68. The standard InChI is InChI=1S/C24H29N5O3S/c1-5-28-14-13-17-15-18(7-9-21(17)28)25-24(30)12-11-23-26-20-16-19(33(31,32)27(3)4)8-10-22(20)29(23)6-2/h7-10,13-16H,5-6,11-12H2,1-4H3,(H,25,30). The Morgan fingerprint density at radius 3 is 2.48 bits per heavy atom. The molecule has 0 aliphatic rings. The molecule has 4 rings (SSSR count). The maximum atomic E-state index is 12.6. The Balaban J connectivity index is 1.50. The molecule has 0 aliphatic carbocycles. The Bertz CT molecular complexity index is 1430. The Kier molecular flexibility index (Phi) is 6.27. The molecular weight excluding hydrogens is 438 g/mol. The maximum absolute atomic E-state index is 12.6. The average Bonchev–Trinajstić information content (AvgIpc) is 3.36. The summed E-state index contributed by atoms with van der Waals surface area (Å²) in [6.07, 6.45) is 2.78. The van der Waals surface area contributed by atoms with Gasteiger partial charge in [-0.15, -0.1) is 0 Å². The Morgan fingerprint density at radius 2 is 1.79 bits per heavy atom. The first-order chi connectivity index (χ1) is 15.7. The molecule has 0 fully saturated rings. The summed E-state index contributed by atoms with van der Waals surface area (Å²) in [6, 6.07) is 12.9. The van der Waals surface area contributed by atoms with Crippen LogP contribution in [0.5, 0.6) is 0 Å². The zero-order valence-corrected chi connectivity index (χ0v) is 20.2. The number of hydrogen-bond acceptors (Lipinski definition) is 4. The molecule has 0 aliphatic heterocycles. The number of anilines is 1. The fourth-order valence-corrected chi connectivity index (χ4v) is 5.00. The van der Waals surface area contributed by atoms with Gasteiger partial charge in [0.15, 0.2) is 0 Å². The lowest BCUT2D eigenvalue weighted by molar-refractivity contribution is -0.116. The fourth-order valence-electron chi connectivity index (χ4n) is 4.08. The van der Waals surface area contributed by atoms with Gasteiger partial charge in [0.25, 0.3) is 0 Å². The Morgan fingerprint density at radius 1 is 1.03 bits per heavy atom. The van der Waals surface area contributed by atoms with E-state index in [1.54, 1.807) is 18.2 Å². The molecule has 33 heavy (non-hydrogen) atoms. The number of fused-ring (bicyclic) bond motifs is 2. The molecule has 1 N–H and O–H groups in total. The van der Waals surface area contributed by atoms with Gasteiger partial charge in [-0.25, -0.2) is 17.7 Å². The van der Waals surface area contributed by atoms with Gasteiger partial charge in [-0.3, -0.25) is 4.79 Å². The number of aryl methyl sites for hydroxylation is 3. The van der Waals surface area contributed by atoms with Crippen LogP contribution in [-0.4, -0.2) is 46.8 Å². The minimum Gasteiger partial charge on any atom is -0.348 e. The molecule has 0 saturated carbocycles. The van der Waals surface area contributed by atoms with Gasteiger partial charge in [0.2, 0.25) is 15.9 Å². The molecule has 8 nitrogen and oxygen atoms in total. The van der Waals surface area contributed by atoms with Crippen molar-refractivity contribution >= 4 is 43.6 Å². The van der Waals surface area contributed by atoms with Crippen LogP contribution in [0.4, 0.5) is 5.69 Å². The number of benzene rings is 2. The number of nitrogens with one attached hydrogen (secondary N) is 1. The maximum Gasteiger partial charge on any atom is 0.242 e. The number of amides is 1. The molecule has 4 aromatic rings. The predicted octanol–water partition coefficient (Wildman–Crippen LogP) is 3.85. The summed E-state index contributed by atoms with van der Waals surface area (Å²) < 4.78 is 30.3. The van der Waals surface area contributed by atoms with Crippen LogP contribution in [-0.2, 0) is 34.3 Å². The largest absolute Gasteiger partial charge is 0.348 e. The van der Waals surface area contributed by atoms with Crippen molar-refractivity contribution < 1.29 is 13.2 Å². The lowest BCUT2D eigenvalue weighted by atomic mass is 10.2. The number of nitrogens with zero attached hydrogens (tertiary/aromatic N) is 4. The van der Waals surface area contributed by atoms with Gasteiger partial charge in [-0.2, -0.15) is 0 Å². The average molecular weight is 468 g/mol. The number of imidazole rings is 1. The highest BCUT2D eigenvalue weighted by atomic mass is 32.2. The normalized spacial score (nSPS) is 12.2. The van der Waals surface area contributed by atoms with Crippen LogP contribution in [0.2, 0.25) is 0 Å². The van der Waals surface area contributed by atoms with Crippen LogP contribution in [0, 0.1) is 0 Å². The summed E-state index contributed by atoms with van der Waals surface area (Å²) in [5.41, 5.74) is 3.38. The van der Waals surface area contributed by atoms with Gasteiger partial charge in [0.05, 0.1) is 15.9 Å². The van der Waals surface area contributed by atoms with Gasteiger partial charge in [-0.05, 0) is 56.3 Å². The van der Waals surface area contributed by atoms with Gasteiger partial charge < -0.3 is 14.5 Å². The van der Waals surface area contributed by atoms with Crippen LogP contribution in [0.25, 0.3) is 21.9 Å². The highest BCUT2D eigenvalue weighted by Gasteiger charge is 2.19. The summed E-state index contributed by atoms with van der Waals surface area (Å²) >= 11 is 0. The van der Waals surface area contributed by atoms with Crippen molar-refractivity contribution in [3.8, 4) is 0 Å². The molecule has 2 aromatic carbocycles. The second-order valence-electron chi connectivity index (χ2n) is 8.13. The van der Waals surface area contributed by atoms with Gasteiger partial charge in [0.1, 0.15) is 5.82 Å². The monoisotopic (exact) mass is 467 g/mol. The minimum absolute atomic E-state index is 0.0881. The Labute approximate surface area is 193 Å². The minimum atomic E-state index is -3.54. The number of hydrogen-bond donors (Lipinski definition) is 1. The quantitative estimate of drug-likeness (QED) is 0.426. The van der Waals surface area contributed by atoms with Crippen molar-refractivity contribution in [1.29, 1.82) is 0 Å². The summed E-state index contributed by atoms with van der Waals surface area (Å²) in [5, 5.41) is 4.06. The lowest BCUT2D eigenvalue weighted by Gasteiger charge is -2.11. The number of aromatic nitrogens is 3. The van der Waals surface area contributed by atoms with E-state index in [2.05, 4.69) is 21.8 Å². The first kappa shape index (κ1) is 23.0. The molecule has 0 bridgehead atoms. The molecule has 174 valence electrons. The van der Waals surface area contributed by atoms with E-state index in [9.17, 15) is 13.2 Å². The fraction of sp³-hybridized carbons (Fsp3) is 0.333. The molecule has 0 saturated heterocycles. The zero-order valence-electron chi connectivity index (χ0n) is 19.4. The van der Waals surface area contributed by atoms with Crippen molar-refractivity contribution in [3.05, 3.63) is 54.5 Å². The molecule has 1 amide bonds. The smallest absolute Gasteiger partial charge is 0.242 e. The lowest BCUT2D eigenvalue weighted by Crippen LogP contribution is -2.22. The topological polar surface area (TPSA) is 89.2 Å².